The summed E-state index contributed by atoms with van der Waals surface area (Å²) in [6.07, 6.45) is 3.68. The van der Waals surface area contributed by atoms with Crippen molar-refractivity contribution in [2.75, 3.05) is 60.3 Å². The summed E-state index contributed by atoms with van der Waals surface area (Å²) in [7, 11) is 0.924. The SMILES string of the molecule is COc1cc(C(=O)N2CCC(CCN3CCC(C(=O)c4nc5ccccc5n4Cc4ccc(F)cc4)CC3)(c3ccc(Cl)c(Cl)c3)C2)cc(OC)c1OC.CS(=O)(=O)O. The minimum Gasteiger partial charge on any atom is -0.493 e. The van der Waals surface area contributed by atoms with Gasteiger partial charge in [-0.15, -0.1) is 0 Å². The fourth-order valence-corrected chi connectivity index (χ4v) is 8.31. The molecule has 0 radical (unpaired) electrons. The normalized spacial score (nSPS) is 17.4. The van der Waals surface area contributed by atoms with Crippen LogP contribution in [0.2, 0.25) is 10.0 Å². The molecule has 2 saturated heterocycles. The second kappa shape index (κ2) is 18.7. The summed E-state index contributed by atoms with van der Waals surface area (Å²) >= 11 is 12.9. The standard InChI is InChI=1S/C42H43Cl2FN4O5.CH4O3S/c1-52-36-22-29(23-37(53-2)39(36)54-3)41(51)48-21-17-42(26-48,30-10-13-32(43)33(44)24-30)16-20-47-18-14-28(15-19-47)38(50)40-46-34-6-4-5-7-35(34)49(40)25-27-8-11-31(45)12-9-27;1-5(2,3)4/h4-13,22-24,28H,14-21,25-26H2,1-3H3;1H3,(H,2,3,4). The van der Waals surface area contributed by atoms with Crippen LogP contribution in [0.15, 0.2) is 78.9 Å². The largest absolute Gasteiger partial charge is 0.493 e. The Morgan fingerprint density at radius 3 is 2.15 bits per heavy atom. The monoisotopic (exact) mass is 868 g/mol. The number of imidazole rings is 1. The van der Waals surface area contributed by atoms with E-state index in [1.54, 1.807) is 24.3 Å². The molecule has 314 valence electrons. The van der Waals surface area contributed by atoms with Crippen LogP contribution in [0.3, 0.4) is 0 Å². The van der Waals surface area contributed by atoms with Crippen LogP contribution in [0.4, 0.5) is 4.39 Å². The number of carbonyl (C=O) groups is 2. The molecule has 0 spiro atoms. The van der Waals surface area contributed by atoms with Gasteiger partial charge in [-0.2, -0.15) is 8.42 Å². The molecule has 0 saturated carbocycles. The highest BCUT2D eigenvalue weighted by molar-refractivity contribution is 7.85. The Hall–Kier alpha value is -4.73. The van der Waals surface area contributed by atoms with Crippen molar-refractivity contribution in [1.29, 1.82) is 0 Å². The molecule has 2 fully saturated rings. The summed E-state index contributed by atoms with van der Waals surface area (Å²) in [5, 5.41) is 0.963. The number of likely N-dealkylation sites (tertiary alicyclic amines) is 2. The first-order valence-electron chi connectivity index (χ1n) is 19.1. The number of halogens is 3. The molecule has 1 aromatic heterocycles. The predicted octanol–water partition coefficient (Wildman–Crippen LogP) is 7.83. The lowest BCUT2D eigenvalue weighted by molar-refractivity contribution is 0.0777. The number of rotatable bonds is 12. The molecule has 59 heavy (non-hydrogen) atoms. The molecule has 4 aromatic carbocycles. The number of methoxy groups -OCH3 is 3. The number of fused-ring (bicyclic) bond motifs is 1. The van der Waals surface area contributed by atoms with Gasteiger partial charge in [0, 0.05) is 36.5 Å². The number of nitrogens with zero attached hydrogens (tertiary/aromatic N) is 4. The van der Waals surface area contributed by atoms with E-state index in [1.807, 2.05) is 51.9 Å². The van der Waals surface area contributed by atoms with Gasteiger partial charge < -0.3 is 28.6 Å². The fraction of sp³-hybridized carbons (Fsp3) is 0.372. The highest BCUT2D eigenvalue weighted by atomic mass is 35.5. The van der Waals surface area contributed by atoms with Gasteiger partial charge in [-0.25, -0.2) is 9.37 Å². The highest BCUT2D eigenvalue weighted by Crippen LogP contribution is 2.43. The summed E-state index contributed by atoms with van der Waals surface area (Å²) < 4.78 is 58.0. The lowest BCUT2D eigenvalue weighted by Gasteiger charge is -2.36. The number of benzene rings is 4. The Morgan fingerprint density at radius 1 is 0.898 bits per heavy atom. The van der Waals surface area contributed by atoms with Crippen LogP contribution < -0.4 is 14.2 Å². The van der Waals surface area contributed by atoms with Crippen molar-refractivity contribution in [2.45, 2.75) is 37.6 Å². The molecule has 0 bridgehead atoms. The number of hydrogen-bond acceptors (Lipinski definition) is 9. The van der Waals surface area contributed by atoms with E-state index in [0.717, 1.165) is 54.6 Å². The van der Waals surface area contributed by atoms with E-state index < -0.39 is 10.1 Å². The number of amides is 1. The summed E-state index contributed by atoms with van der Waals surface area (Å²) in [5.41, 5.74) is 3.68. The topological polar surface area (TPSA) is 140 Å². The van der Waals surface area contributed by atoms with Crippen LogP contribution in [0.1, 0.15) is 57.8 Å². The molecule has 2 aliphatic heterocycles. The first-order valence-corrected chi connectivity index (χ1v) is 21.7. The van der Waals surface area contributed by atoms with E-state index in [1.165, 1.54) is 33.5 Å². The average molecular weight is 870 g/mol. The Kier molecular flexibility index (Phi) is 13.9. The van der Waals surface area contributed by atoms with Gasteiger partial charge >= 0.3 is 0 Å². The molecule has 12 nitrogen and oxygen atoms in total. The van der Waals surface area contributed by atoms with Crippen molar-refractivity contribution in [3.8, 4) is 17.2 Å². The molecule has 2 aliphatic rings. The molecule has 1 unspecified atom stereocenters. The number of ether oxygens (including phenoxy) is 3. The first-order chi connectivity index (χ1) is 28.1. The van der Waals surface area contributed by atoms with Gasteiger partial charge in [-0.3, -0.25) is 14.1 Å². The van der Waals surface area contributed by atoms with Crippen molar-refractivity contribution in [3.63, 3.8) is 0 Å². The van der Waals surface area contributed by atoms with Gasteiger partial charge in [0.1, 0.15) is 5.82 Å². The Bertz CT molecular complexity index is 2390. The molecule has 1 N–H and O–H groups in total. The average Bonchev–Trinajstić information content (AvgIpc) is 3.83. The molecule has 5 aromatic rings. The first kappa shape index (κ1) is 43.8. The number of Topliss-reactive ketones (excluding diaryl/α,β-unsaturated/α-hetero) is 1. The summed E-state index contributed by atoms with van der Waals surface area (Å²) in [6, 6.07) is 23.3. The Morgan fingerprint density at radius 2 is 1.54 bits per heavy atom. The van der Waals surface area contributed by atoms with Crippen molar-refractivity contribution < 1.29 is 41.2 Å². The number of para-hydroxylation sites is 2. The van der Waals surface area contributed by atoms with Gasteiger partial charge in [0.05, 0.1) is 48.7 Å². The van der Waals surface area contributed by atoms with Crippen LogP contribution >= 0.6 is 23.2 Å². The predicted molar refractivity (Wildman–Crippen MR) is 226 cm³/mol. The molecule has 7 rings (SSSR count). The van der Waals surface area contributed by atoms with E-state index in [-0.39, 0.29) is 28.8 Å². The number of carbonyl (C=O) groups excluding carboxylic acids is 2. The summed E-state index contributed by atoms with van der Waals surface area (Å²) in [6.45, 7) is 3.80. The third-order valence-electron chi connectivity index (χ3n) is 11.1. The number of piperidine rings is 1. The molecule has 0 aliphatic carbocycles. The van der Waals surface area contributed by atoms with E-state index in [4.69, 9.17) is 46.9 Å². The molecule has 3 heterocycles. The highest BCUT2D eigenvalue weighted by Gasteiger charge is 2.42. The van der Waals surface area contributed by atoms with Crippen molar-refractivity contribution >= 4 is 56.0 Å². The zero-order valence-electron chi connectivity index (χ0n) is 33.3. The quantitative estimate of drug-likeness (QED) is 0.0975. The maximum atomic E-state index is 14.1. The summed E-state index contributed by atoms with van der Waals surface area (Å²) in [5.74, 6) is 1.17. The zero-order valence-corrected chi connectivity index (χ0v) is 35.6. The van der Waals surface area contributed by atoms with Crippen LogP contribution in [-0.2, 0) is 22.1 Å². The Balaban J connectivity index is 0.00000110. The molecular formula is C43H47Cl2FN4O8S. The number of ketones is 1. The van der Waals surface area contributed by atoms with Crippen LogP contribution in [0.25, 0.3) is 11.0 Å². The fourth-order valence-electron chi connectivity index (χ4n) is 8.01. The number of hydrogen-bond donors (Lipinski definition) is 1. The summed E-state index contributed by atoms with van der Waals surface area (Å²) in [4.78, 5) is 37.2. The van der Waals surface area contributed by atoms with Crippen LogP contribution in [-0.4, -0.2) is 104 Å². The van der Waals surface area contributed by atoms with E-state index >= 15 is 0 Å². The smallest absolute Gasteiger partial charge is 0.261 e. The van der Waals surface area contributed by atoms with E-state index in [2.05, 4.69) is 4.90 Å². The lowest BCUT2D eigenvalue weighted by atomic mass is 9.76. The second-order valence-corrected chi connectivity index (χ2v) is 17.2. The van der Waals surface area contributed by atoms with Crippen LogP contribution in [0, 0.1) is 11.7 Å². The van der Waals surface area contributed by atoms with Gasteiger partial charge in [0.25, 0.3) is 16.0 Å². The maximum Gasteiger partial charge on any atom is 0.261 e. The number of aromatic nitrogens is 2. The minimum absolute atomic E-state index is 0.0389. The Labute approximate surface area is 353 Å². The molecule has 1 atom stereocenters. The zero-order chi connectivity index (χ0) is 42.5. The third-order valence-corrected chi connectivity index (χ3v) is 11.8. The minimum atomic E-state index is -3.67. The van der Waals surface area contributed by atoms with E-state index in [0.29, 0.717) is 77.4 Å². The van der Waals surface area contributed by atoms with Crippen molar-refractivity contribution in [1.82, 2.24) is 19.4 Å². The van der Waals surface area contributed by atoms with Crippen LogP contribution in [0.5, 0.6) is 17.2 Å². The van der Waals surface area contributed by atoms with Gasteiger partial charge in [-0.05, 0) is 105 Å². The molecular weight excluding hydrogens is 822 g/mol. The van der Waals surface area contributed by atoms with Gasteiger partial charge in [0.2, 0.25) is 11.5 Å². The maximum absolute atomic E-state index is 14.1. The van der Waals surface area contributed by atoms with Crippen molar-refractivity contribution in [2.24, 2.45) is 5.92 Å². The molecule has 1 amide bonds. The van der Waals surface area contributed by atoms with Gasteiger partial charge in [0.15, 0.2) is 17.3 Å². The third kappa shape index (κ3) is 10.4. The van der Waals surface area contributed by atoms with Crippen molar-refractivity contribution in [3.05, 3.63) is 117 Å². The molecule has 16 heteroatoms. The second-order valence-electron chi connectivity index (χ2n) is 14.9. The van der Waals surface area contributed by atoms with E-state index in [9.17, 15) is 22.4 Å². The van der Waals surface area contributed by atoms with Gasteiger partial charge in [-0.1, -0.05) is 53.5 Å². The lowest BCUT2D eigenvalue weighted by Crippen LogP contribution is -2.41.